The summed E-state index contributed by atoms with van der Waals surface area (Å²) < 4.78 is 11.1. The quantitative estimate of drug-likeness (QED) is 0.481. The molecule has 4 N–H and O–H groups in total. The molecule has 9 heteroatoms. The zero-order valence-electron chi connectivity index (χ0n) is 17.2. The van der Waals surface area contributed by atoms with Crippen molar-refractivity contribution in [2.75, 3.05) is 63.1 Å². The van der Waals surface area contributed by atoms with Crippen molar-refractivity contribution >= 4 is 34.8 Å². The molecule has 1 saturated heterocycles. The van der Waals surface area contributed by atoms with Gasteiger partial charge in [0.1, 0.15) is 39.4 Å². The molecule has 0 atom stereocenters. The predicted molar refractivity (Wildman–Crippen MR) is 117 cm³/mol. The molecule has 0 radical (unpaired) electrons. The summed E-state index contributed by atoms with van der Waals surface area (Å²) in [6.45, 7) is 5.18. The number of benzene rings is 2. The van der Waals surface area contributed by atoms with Crippen LogP contribution in [0.25, 0.3) is 0 Å². The Kier molecular flexibility index (Phi) is 6.91. The van der Waals surface area contributed by atoms with Crippen molar-refractivity contribution in [1.82, 2.24) is 0 Å². The number of fused-ring (bicyclic) bond motifs is 1. The Hall–Kier alpha value is -2.81. The van der Waals surface area contributed by atoms with Crippen molar-refractivity contribution in [2.45, 2.75) is 0 Å². The van der Waals surface area contributed by atoms with Crippen LogP contribution in [0.15, 0.2) is 42.5 Å². The van der Waals surface area contributed by atoms with E-state index in [1.165, 1.54) is 9.80 Å². The van der Waals surface area contributed by atoms with Gasteiger partial charge in [0.15, 0.2) is 24.6 Å². The number of piperazine rings is 1. The van der Waals surface area contributed by atoms with E-state index in [0.29, 0.717) is 54.2 Å². The molecule has 4 rings (SSSR count). The molecule has 2 aliphatic rings. The Labute approximate surface area is 186 Å². The lowest BCUT2D eigenvalue weighted by Crippen LogP contribution is -3.28. The van der Waals surface area contributed by atoms with Gasteiger partial charge in [-0.3, -0.25) is 9.59 Å². The number of carbonyl (C=O) groups is 2. The Balaban J connectivity index is 1.20. The number of carbonyl (C=O) groups excluding carboxylic acids is 2. The summed E-state index contributed by atoms with van der Waals surface area (Å²) in [6, 6.07) is 12.6. The van der Waals surface area contributed by atoms with Crippen LogP contribution in [0.3, 0.4) is 0 Å². The van der Waals surface area contributed by atoms with E-state index in [2.05, 4.69) is 10.6 Å². The highest BCUT2D eigenvalue weighted by Crippen LogP contribution is 2.32. The van der Waals surface area contributed by atoms with Crippen molar-refractivity contribution in [3.8, 4) is 11.5 Å². The Morgan fingerprint density at radius 2 is 1.45 bits per heavy atom. The number of rotatable bonds is 6. The van der Waals surface area contributed by atoms with Crippen molar-refractivity contribution in [3.63, 3.8) is 0 Å². The number of amides is 2. The molecule has 1 fully saturated rings. The smallest absolute Gasteiger partial charge is 0.279 e. The summed E-state index contributed by atoms with van der Waals surface area (Å²) in [5.41, 5.74) is 1.34. The highest BCUT2D eigenvalue weighted by atomic mass is 35.5. The molecule has 2 amide bonds. The van der Waals surface area contributed by atoms with Crippen molar-refractivity contribution in [3.05, 3.63) is 47.5 Å². The summed E-state index contributed by atoms with van der Waals surface area (Å²) >= 11 is 6.10. The van der Waals surface area contributed by atoms with Crippen molar-refractivity contribution in [1.29, 1.82) is 0 Å². The molecule has 164 valence electrons. The maximum absolute atomic E-state index is 12.5. The first-order chi connectivity index (χ1) is 15.1. The molecule has 0 aliphatic carbocycles. The largest absolute Gasteiger partial charge is 0.486 e. The zero-order chi connectivity index (χ0) is 21.6. The van der Waals surface area contributed by atoms with Gasteiger partial charge in [-0.2, -0.15) is 0 Å². The lowest BCUT2D eigenvalue weighted by atomic mass is 10.2. The minimum Gasteiger partial charge on any atom is -0.486 e. The maximum atomic E-state index is 12.5. The van der Waals surface area contributed by atoms with Gasteiger partial charge < -0.3 is 29.9 Å². The number of anilines is 2. The minimum atomic E-state index is -0.0529. The van der Waals surface area contributed by atoms with Gasteiger partial charge >= 0.3 is 0 Å². The van der Waals surface area contributed by atoms with Crippen LogP contribution in [-0.2, 0) is 9.59 Å². The van der Waals surface area contributed by atoms with Crippen LogP contribution in [0, 0.1) is 0 Å². The van der Waals surface area contributed by atoms with Gasteiger partial charge in [0.2, 0.25) is 0 Å². The van der Waals surface area contributed by atoms with Crippen LogP contribution in [0.1, 0.15) is 0 Å². The van der Waals surface area contributed by atoms with E-state index in [4.69, 9.17) is 21.1 Å². The molecule has 0 saturated carbocycles. The number of hydrogen-bond donors (Lipinski definition) is 4. The van der Waals surface area contributed by atoms with E-state index >= 15 is 0 Å². The van der Waals surface area contributed by atoms with Gasteiger partial charge in [-0.1, -0.05) is 23.7 Å². The number of nitrogens with one attached hydrogen (secondary N) is 4. The van der Waals surface area contributed by atoms with Crippen LogP contribution in [0.5, 0.6) is 11.5 Å². The molecule has 2 aromatic rings. The van der Waals surface area contributed by atoms with Gasteiger partial charge in [0, 0.05) is 11.8 Å². The number of ether oxygens (including phenoxy) is 2. The third-order valence-corrected chi connectivity index (χ3v) is 5.79. The Bertz CT molecular complexity index is 947. The average molecular weight is 447 g/mol. The molecule has 0 spiro atoms. The molecule has 2 aromatic carbocycles. The van der Waals surface area contributed by atoms with E-state index in [9.17, 15) is 9.59 Å². The van der Waals surface area contributed by atoms with Crippen LogP contribution in [-0.4, -0.2) is 64.3 Å². The fourth-order valence-electron chi connectivity index (χ4n) is 3.85. The summed E-state index contributed by atoms with van der Waals surface area (Å²) in [4.78, 5) is 27.2. The zero-order valence-corrected chi connectivity index (χ0v) is 18.0. The minimum absolute atomic E-state index is 0.0356. The normalized spacial score (nSPS) is 20.0. The monoisotopic (exact) mass is 446 g/mol. The first-order valence-corrected chi connectivity index (χ1v) is 10.9. The standard InChI is InChI=1S/C22H25ClN4O4/c23-17-3-1-2-4-18(17)25-22(29)15-27-9-7-26(8-10-27)14-21(28)24-16-5-6-19-20(13-16)31-12-11-30-19/h1-6,13H,7-12,14-15H2,(H,24,28)(H,25,29)/p+2. The van der Waals surface area contributed by atoms with E-state index in [1.54, 1.807) is 18.2 Å². The maximum Gasteiger partial charge on any atom is 0.279 e. The molecule has 0 bridgehead atoms. The molecular weight excluding hydrogens is 420 g/mol. The topological polar surface area (TPSA) is 85.5 Å². The fraction of sp³-hybridized carbons (Fsp3) is 0.364. The van der Waals surface area contributed by atoms with Gasteiger partial charge in [-0.25, -0.2) is 0 Å². The first-order valence-electron chi connectivity index (χ1n) is 10.5. The van der Waals surface area contributed by atoms with E-state index in [-0.39, 0.29) is 11.8 Å². The number of halogens is 1. The molecule has 8 nitrogen and oxygen atoms in total. The van der Waals surface area contributed by atoms with E-state index < -0.39 is 0 Å². The van der Waals surface area contributed by atoms with Gasteiger partial charge in [0.25, 0.3) is 11.8 Å². The summed E-state index contributed by atoms with van der Waals surface area (Å²) in [5.74, 6) is 1.27. The SMILES string of the molecule is O=C(C[NH+]1CC[NH+](CC(=O)Nc2ccccc2Cl)CC1)Nc1ccc2c(c1)OCCO2. The second-order valence-electron chi connectivity index (χ2n) is 7.79. The lowest BCUT2D eigenvalue weighted by Gasteiger charge is -2.29. The third-order valence-electron chi connectivity index (χ3n) is 5.46. The fourth-order valence-corrected chi connectivity index (χ4v) is 4.03. The van der Waals surface area contributed by atoms with Gasteiger partial charge in [-0.05, 0) is 24.3 Å². The number of hydrogen-bond acceptors (Lipinski definition) is 4. The first kappa shape index (κ1) is 21.4. The van der Waals surface area contributed by atoms with Crippen LogP contribution >= 0.6 is 11.6 Å². The third kappa shape index (κ3) is 5.88. The van der Waals surface area contributed by atoms with Crippen LogP contribution in [0.2, 0.25) is 5.02 Å². The lowest BCUT2D eigenvalue weighted by molar-refractivity contribution is -1.00. The molecule has 0 aromatic heterocycles. The molecular formula is C22H27ClN4O4+2. The average Bonchev–Trinajstić information content (AvgIpc) is 2.76. The summed E-state index contributed by atoms with van der Waals surface area (Å²) in [7, 11) is 0. The highest BCUT2D eigenvalue weighted by molar-refractivity contribution is 6.33. The second kappa shape index (κ2) is 10.00. The van der Waals surface area contributed by atoms with Crippen molar-refractivity contribution in [2.24, 2.45) is 0 Å². The second-order valence-corrected chi connectivity index (χ2v) is 8.20. The predicted octanol–water partition coefficient (Wildman–Crippen LogP) is -0.528. The molecule has 2 heterocycles. The Morgan fingerprint density at radius 1 is 0.839 bits per heavy atom. The van der Waals surface area contributed by atoms with E-state index in [1.807, 2.05) is 24.3 Å². The van der Waals surface area contributed by atoms with Crippen LogP contribution in [0.4, 0.5) is 11.4 Å². The van der Waals surface area contributed by atoms with Crippen molar-refractivity contribution < 1.29 is 28.9 Å². The summed E-state index contributed by atoms with van der Waals surface area (Å²) in [5, 5.41) is 6.34. The van der Waals surface area contributed by atoms with Gasteiger partial charge in [0.05, 0.1) is 10.7 Å². The Morgan fingerprint density at radius 3 is 2.13 bits per heavy atom. The highest BCUT2D eigenvalue weighted by Gasteiger charge is 2.26. The van der Waals surface area contributed by atoms with Crippen LogP contribution < -0.4 is 29.9 Å². The molecule has 2 aliphatic heterocycles. The molecule has 31 heavy (non-hydrogen) atoms. The summed E-state index contributed by atoms with van der Waals surface area (Å²) in [6.07, 6.45) is 0. The van der Waals surface area contributed by atoms with E-state index in [0.717, 1.165) is 26.2 Å². The van der Waals surface area contributed by atoms with Gasteiger partial charge in [-0.15, -0.1) is 0 Å². The number of para-hydroxylation sites is 1. The molecule has 0 unspecified atom stereocenters. The number of quaternary nitrogens is 2.